The molecule has 1 amide bonds. The number of rotatable bonds is 5. The van der Waals surface area contributed by atoms with E-state index in [9.17, 15) is 9.59 Å². The number of esters is 1. The van der Waals surface area contributed by atoms with Crippen molar-refractivity contribution in [1.82, 2.24) is 9.88 Å². The van der Waals surface area contributed by atoms with Crippen molar-refractivity contribution < 1.29 is 14.3 Å². The van der Waals surface area contributed by atoms with Crippen molar-refractivity contribution in [1.29, 1.82) is 0 Å². The van der Waals surface area contributed by atoms with Gasteiger partial charge in [-0.3, -0.25) is 4.79 Å². The molecule has 0 unspecified atom stereocenters. The molecule has 19 heavy (non-hydrogen) atoms. The summed E-state index contributed by atoms with van der Waals surface area (Å²) in [6, 6.07) is 1.86. The zero-order chi connectivity index (χ0) is 14.6. The van der Waals surface area contributed by atoms with Gasteiger partial charge >= 0.3 is 5.97 Å². The molecule has 1 rings (SSSR count). The summed E-state index contributed by atoms with van der Waals surface area (Å²) in [4.78, 5) is 23.5. The second-order valence-electron chi connectivity index (χ2n) is 4.81. The molecule has 0 aromatic carbocycles. The molecule has 5 nitrogen and oxygen atoms in total. The van der Waals surface area contributed by atoms with E-state index < -0.39 is 0 Å². The molecule has 0 bridgehead atoms. The number of hydrogen-bond acceptors (Lipinski definition) is 3. The molecule has 0 radical (unpaired) electrons. The molecule has 0 saturated heterocycles. The first-order valence-electron chi connectivity index (χ1n) is 6.50. The predicted molar refractivity (Wildman–Crippen MR) is 73.1 cm³/mol. The van der Waals surface area contributed by atoms with Crippen LogP contribution in [0.1, 0.15) is 42.5 Å². The lowest BCUT2D eigenvalue weighted by atomic mass is 10.2. The van der Waals surface area contributed by atoms with E-state index in [2.05, 4.69) is 5.32 Å². The van der Waals surface area contributed by atoms with Crippen molar-refractivity contribution in [2.24, 2.45) is 0 Å². The maximum absolute atomic E-state index is 11.8. The summed E-state index contributed by atoms with van der Waals surface area (Å²) in [6.07, 6.45) is 0. The Morgan fingerprint density at radius 3 is 2.53 bits per heavy atom. The number of aromatic nitrogens is 1. The first-order valence-corrected chi connectivity index (χ1v) is 6.50. The minimum absolute atomic E-state index is 0.0628. The van der Waals surface area contributed by atoms with Crippen LogP contribution in [0.5, 0.6) is 0 Å². The van der Waals surface area contributed by atoms with E-state index in [0.29, 0.717) is 12.2 Å². The van der Waals surface area contributed by atoms with Gasteiger partial charge in [-0.25, -0.2) is 4.79 Å². The Morgan fingerprint density at radius 1 is 1.37 bits per heavy atom. The Kier molecular flexibility index (Phi) is 5.15. The van der Waals surface area contributed by atoms with Gasteiger partial charge < -0.3 is 14.6 Å². The van der Waals surface area contributed by atoms with Crippen LogP contribution in [0.3, 0.4) is 0 Å². The number of hydrogen-bond donors (Lipinski definition) is 1. The van der Waals surface area contributed by atoms with Gasteiger partial charge in [0.25, 0.3) is 0 Å². The lowest BCUT2D eigenvalue weighted by molar-refractivity contribution is -0.122. The van der Waals surface area contributed by atoms with E-state index in [1.165, 1.54) is 0 Å². The second kappa shape index (κ2) is 6.41. The van der Waals surface area contributed by atoms with Crippen LogP contribution in [0.25, 0.3) is 0 Å². The monoisotopic (exact) mass is 266 g/mol. The van der Waals surface area contributed by atoms with Gasteiger partial charge in [-0.15, -0.1) is 0 Å². The Balaban J connectivity index is 2.91. The van der Waals surface area contributed by atoms with Crippen molar-refractivity contribution in [3.05, 3.63) is 23.0 Å². The molecule has 1 N–H and O–H groups in total. The number of ether oxygens (including phenoxy) is 1. The highest BCUT2D eigenvalue weighted by Crippen LogP contribution is 2.16. The van der Waals surface area contributed by atoms with Gasteiger partial charge in [0, 0.05) is 17.4 Å². The molecule has 1 aromatic rings. The van der Waals surface area contributed by atoms with Gasteiger partial charge in [0.1, 0.15) is 6.54 Å². The van der Waals surface area contributed by atoms with Crippen LogP contribution < -0.4 is 5.32 Å². The normalized spacial score (nSPS) is 10.6. The largest absolute Gasteiger partial charge is 0.462 e. The number of nitrogens with one attached hydrogen (secondary N) is 1. The fraction of sp³-hybridized carbons (Fsp3) is 0.571. The highest BCUT2D eigenvalue weighted by molar-refractivity contribution is 5.91. The van der Waals surface area contributed by atoms with Crippen LogP contribution in [0.15, 0.2) is 6.07 Å². The third-order valence-electron chi connectivity index (χ3n) is 2.82. The SMILES string of the molecule is CCOC(=O)c1cc(C)n(CC(=O)NC(C)C)c1C. The van der Waals surface area contributed by atoms with E-state index in [1.54, 1.807) is 13.0 Å². The average molecular weight is 266 g/mol. The first kappa shape index (κ1) is 15.3. The first-order chi connectivity index (χ1) is 8.86. The third kappa shape index (κ3) is 3.84. The Hall–Kier alpha value is -1.78. The number of carbonyl (C=O) groups is 2. The van der Waals surface area contributed by atoms with Crippen molar-refractivity contribution in [3.63, 3.8) is 0 Å². The Bertz CT molecular complexity index is 475. The smallest absolute Gasteiger partial charge is 0.339 e. The Labute approximate surface area is 113 Å². The van der Waals surface area contributed by atoms with Gasteiger partial charge in [-0.2, -0.15) is 0 Å². The summed E-state index contributed by atoms with van der Waals surface area (Å²) in [6.45, 7) is 9.85. The van der Waals surface area contributed by atoms with E-state index in [4.69, 9.17) is 4.74 Å². The van der Waals surface area contributed by atoms with Gasteiger partial charge in [-0.1, -0.05) is 0 Å². The molecule has 0 fully saturated rings. The molecule has 0 spiro atoms. The van der Waals surface area contributed by atoms with Crippen molar-refractivity contribution in [2.45, 2.75) is 47.2 Å². The number of aryl methyl sites for hydroxylation is 1. The fourth-order valence-corrected chi connectivity index (χ4v) is 1.97. The molecule has 0 aliphatic heterocycles. The second-order valence-corrected chi connectivity index (χ2v) is 4.81. The lowest BCUT2D eigenvalue weighted by Crippen LogP contribution is -2.33. The molecule has 0 aliphatic carbocycles. The van der Waals surface area contributed by atoms with Crippen LogP contribution in [-0.4, -0.2) is 29.1 Å². The zero-order valence-corrected chi connectivity index (χ0v) is 12.2. The summed E-state index contributed by atoms with van der Waals surface area (Å²) in [5.74, 6) is -0.404. The van der Waals surface area contributed by atoms with E-state index in [1.807, 2.05) is 32.3 Å². The summed E-state index contributed by atoms with van der Waals surface area (Å²) < 4.78 is 6.82. The zero-order valence-electron chi connectivity index (χ0n) is 12.2. The van der Waals surface area contributed by atoms with Crippen LogP contribution in [0, 0.1) is 13.8 Å². The minimum atomic E-state index is -0.342. The standard InChI is InChI=1S/C14H22N2O3/c1-6-19-14(18)12-7-10(4)16(11(12)5)8-13(17)15-9(2)3/h7,9H,6,8H2,1-5H3,(H,15,17). The van der Waals surface area contributed by atoms with Crippen LogP contribution >= 0.6 is 0 Å². The van der Waals surface area contributed by atoms with Gasteiger partial charge in [0.05, 0.1) is 12.2 Å². The maximum Gasteiger partial charge on any atom is 0.339 e. The number of carbonyl (C=O) groups excluding carboxylic acids is 2. The highest BCUT2D eigenvalue weighted by atomic mass is 16.5. The van der Waals surface area contributed by atoms with Gasteiger partial charge in [-0.05, 0) is 40.7 Å². The predicted octanol–water partition coefficient (Wildman–Crippen LogP) is 1.81. The van der Waals surface area contributed by atoms with E-state index in [-0.39, 0.29) is 24.5 Å². The molecular weight excluding hydrogens is 244 g/mol. The topological polar surface area (TPSA) is 60.3 Å². The average Bonchev–Trinajstić information content (AvgIpc) is 2.56. The Morgan fingerprint density at radius 2 is 2.00 bits per heavy atom. The molecule has 0 aliphatic rings. The molecule has 0 saturated carbocycles. The minimum Gasteiger partial charge on any atom is -0.462 e. The summed E-state index contributed by atoms with van der Waals surface area (Å²) in [5.41, 5.74) is 2.16. The van der Waals surface area contributed by atoms with Crippen molar-refractivity contribution in [3.8, 4) is 0 Å². The fourth-order valence-electron chi connectivity index (χ4n) is 1.97. The van der Waals surface area contributed by atoms with Crippen molar-refractivity contribution >= 4 is 11.9 Å². The van der Waals surface area contributed by atoms with Crippen LogP contribution in [0.2, 0.25) is 0 Å². The number of nitrogens with zero attached hydrogens (tertiary/aromatic N) is 1. The van der Waals surface area contributed by atoms with Gasteiger partial charge in [0.2, 0.25) is 5.91 Å². The molecule has 1 heterocycles. The maximum atomic E-state index is 11.8. The summed E-state index contributed by atoms with van der Waals surface area (Å²) >= 11 is 0. The van der Waals surface area contributed by atoms with E-state index >= 15 is 0 Å². The van der Waals surface area contributed by atoms with Crippen LogP contribution in [0.4, 0.5) is 0 Å². The van der Waals surface area contributed by atoms with Crippen LogP contribution in [-0.2, 0) is 16.1 Å². The summed E-state index contributed by atoms with van der Waals surface area (Å²) in [5, 5.41) is 2.83. The molecule has 1 aromatic heterocycles. The molecular formula is C14H22N2O3. The van der Waals surface area contributed by atoms with Gasteiger partial charge in [0.15, 0.2) is 0 Å². The summed E-state index contributed by atoms with van der Waals surface area (Å²) in [7, 11) is 0. The molecule has 5 heteroatoms. The van der Waals surface area contributed by atoms with E-state index in [0.717, 1.165) is 11.4 Å². The van der Waals surface area contributed by atoms with Crippen molar-refractivity contribution in [2.75, 3.05) is 6.61 Å². The molecule has 0 atom stereocenters. The highest BCUT2D eigenvalue weighted by Gasteiger charge is 2.18. The quantitative estimate of drug-likeness (QED) is 0.827. The molecule has 106 valence electrons. The lowest BCUT2D eigenvalue weighted by Gasteiger charge is -2.12. The third-order valence-corrected chi connectivity index (χ3v) is 2.82. The number of amides is 1.